The summed E-state index contributed by atoms with van der Waals surface area (Å²) in [5.74, 6) is -3.34. The minimum absolute atomic E-state index is 0.0847. The molecule has 1 aromatic rings. The number of hydrogen-bond donors (Lipinski definition) is 0. The number of nitrogens with zero attached hydrogens (tertiary/aromatic N) is 3. The molecule has 17 heavy (non-hydrogen) atoms. The highest BCUT2D eigenvalue weighted by atomic mass is 19.3. The van der Waals surface area contributed by atoms with Crippen molar-refractivity contribution in [3.63, 3.8) is 0 Å². The van der Waals surface area contributed by atoms with Gasteiger partial charge in [-0.2, -0.15) is 10.4 Å². The van der Waals surface area contributed by atoms with Crippen LogP contribution in [0.25, 0.3) is 0 Å². The standard InChI is InChI=1S/C10H11F2N3.C2H6/c1-7-5-14-15(6-7)9(2-3-13)8-4-10(8,11)12;1-2/h5-6,8-9H,2,4H2,1H3;1-2H3. The van der Waals surface area contributed by atoms with Gasteiger partial charge in [0.05, 0.1) is 30.6 Å². The summed E-state index contributed by atoms with van der Waals surface area (Å²) in [5, 5.41) is 12.6. The van der Waals surface area contributed by atoms with Crippen molar-refractivity contribution in [1.29, 1.82) is 5.26 Å². The van der Waals surface area contributed by atoms with Crippen LogP contribution >= 0.6 is 0 Å². The minimum atomic E-state index is -2.61. The number of hydrogen-bond acceptors (Lipinski definition) is 2. The number of rotatable bonds is 3. The SMILES string of the molecule is CC.Cc1cnn(C(CC#N)C2CC2(F)F)c1. The third kappa shape index (κ3) is 3.02. The molecule has 1 aromatic heterocycles. The van der Waals surface area contributed by atoms with Crippen LogP contribution in [0.4, 0.5) is 8.78 Å². The summed E-state index contributed by atoms with van der Waals surface area (Å²) in [6.07, 6.45) is 3.28. The maximum absolute atomic E-state index is 12.9. The molecule has 2 rings (SSSR count). The van der Waals surface area contributed by atoms with Crippen LogP contribution < -0.4 is 0 Å². The molecule has 1 aliphatic rings. The third-order valence-corrected chi connectivity index (χ3v) is 2.71. The molecule has 0 aliphatic heterocycles. The van der Waals surface area contributed by atoms with E-state index in [1.165, 1.54) is 4.68 Å². The first-order valence-corrected chi connectivity index (χ1v) is 5.80. The highest BCUT2D eigenvalue weighted by Gasteiger charge is 2.61. The Bertz CT molecular complexity index is 406. The molecule has 2 atom stereocenters. The first-order chi connectivity index (χ1) is 8.04. The number of alkyl halides is 2. The summed E-state index contributed by atoms with van der Waals surface area (Å²) >= 11 is 0. The molecule has 2 unspecified atom stereocenters. The lowest BCUT2D eigenvalue weighted by Crippen LogP contribution is -2.15. The number of aromatic nitrogens is 2. The smallest absolute Gasteiger partial charge is 0.253 e. The van der Waals surface area contributed by atoms with Crippen molar-refractivity contribution in [3.05, 3.63) is 18.0 Å². The Kier molecular flexibility index (Phi) is 4.22. The Morgan fingerprint density at radius 1 is 1.65 bits per heavy atom. The summed E-state index contributed by atoms with van der Waals surface area (Å²) in [6.45, 7) is 5.85. The molecule has 0 spiro atoms. The topological polar surface area (TPSA) is 41.6 Å². The number of nitriles is 1. The van der Waals surface area contributed by atoms with Crippen molar-refractivity contribution >= 4 is 0 Å². The van der Waals surface area contributed by atoms with Crippen molar-refractivity contribution < 1.29 is 8.78 Å². The van der Waals surface area contributed by atoms with Gasteiger partial charge in [0.1, 0.15) is 0 Å². The van der Waals surface area contributed by atoms with Crippen molar-refractivity contribution in [2.75, 3.05) is 0 Å². The molecule has 3 nitrogen and oxygen atoms in total. The Hall–Kier alpha value is -1.44. The van der Waals surface area contributed by atoms with Crippen LogP contribution in [0, 0.1) is 24.2 Å². The van der Waals surface area contributed by atoms with E-state index in [9.17, 15) is 8.78 Å². The van der Waals surface area contributed by atoms with Gasteiger partial charge in [0.15, 0.2) is 0 Å². The lowest BCUT2D eigenvalue weighted by atomic mass is 10.1. The molecule has 1 saturated carbocycles. The van der Waals surface area contributed by atoms with Crippen LogP contribution in [-0.4, -0.2) is 15.7 Å². The molecule has 0 saturated heterocycles. The second kappa shape index (κ2) is 5.26. The average molecular weight is 241 g/mol. The fraction of sp³-hybridized carbons (Fsp3) is 0.667. The fourth-order valence-corrected chi connectivity index (χ4v) is 1.78. The van der Waals surface area contributed by atoms with Gasteiger partial charge in [-0.25, -0.2) is 8.78 Å². The molecule has 0 radical (unpaired) electrons. The minimum Gasteiger partial charge on any atom is -0.268 e. The lowest BCUT2D eigenvalue weighted by molar-refractivity contribution is 0.0847. The molecule has 0 N–H and O–H groups in total. The second-order valence-corrected chi connectivity index (χ2v) is 4.00. The molecule has 1 fully saturated rings. The Labute approximate surface area is 100 Å². The van der Waals surface area contributed by atoms with E-state index in [1.54, 1.807) is 12.4 Å². The van der Waals surface area contributed by atoms with Crippen molar-refractivity contribution in [2.45, 2.75) is 45.6 Å². The van der Waals surface area contributed by atoms with Crippen LogP contribution in [0.15, 0.2) is 12.4 Å². The van der Waals surface area contributed by atoms with E-state index < -0.39 is 17.9 Å². The first-order valence-electron chi connectivity index (χ1n) is 5.80. The third-order valence-electron chi connectivity index (χ3n) is 2.71. The van der Waals surface area contributed by atoms with Crippen molar-refractivity contribution in [3.8, 4) is 6.07 Å². The zero-order valence-corrected chi connectivity index (χ0v) is 10.3. The summed E-state index contributed by atoms with van der Waals surface area (Å²) in [5.41, 5.74) is 0.918. The monoisotopic (exact) mass is 241 g/mol. The van der Waals surface area contributed by atoms with Crippen LogP contribution in [0.1, 0.15) is 38.3 Å². The summed E-state index contributed by atoms with van der Waals surface area (Å²) < 4.78 is 27.3. The van der Waals surface area contributed by atoms with E-state index >= 15 is 0 Å². The number of aryl methyl sites for hydroxylation is 1. The van der Waals surface area contributed by atoms with Crippen LogP contribution in [0.2, 0.25) is 0 Å². The zero-order valence-electron chi connectivity index (χ0n) is 10.3. The molecule has 1 aliphatic carbocycles. The molecule has 0 bridgehead atoms. The molecular weight excluding hydrogens is 224 g/mol. The first kappa shape index (κ1) is 13.6. The van der Waals surface area contributed by atoms with Crippen LogP contribution in [0.3, 0.4) is 0 Å². The van der Waals surface area contributed by atoms with Crippen molar-refractivity contribution in [2.24, 2.45) is 5.92 Å². The van der Waals surface area contributed by atoms with Gasteiger partial charge in [-0.15, -0.1) is 0 Å². The molecular formula is C12H17F2N3. The average Bonchev–Trinajstić information content (AvgIpc) is 2.73. The molecule has 5 heteroatoms. The van der Waals surface area contributed by atoms with E-state index in [0.717, 1.165) is 5.56 Å². The fourth-order valence-electron chi connectivity index (χ4n) is 1.78. The van der Waals surface area contributed by atoms with Gasteiger partial charge in [-0.1, -0.05) is 13.8 Å². The molecule has 1 heterocycles. The second-order valence-electron chi connectivity index (χ2n) is 4.00. The Morgan fingerprint density at radius 2 is 2.24 bits per heavy atom. The van der Waals surface area contributed by atoms with Gasteiger partial charge in [0.25, 0.3) is 5.92 Å². The van der Waals surface area contributed by atoms with E-state index in [1.807, 2.05) is 26.8 Å². The Balaban J connectivity index is 0.000000686. The normalized spacial score (nSPS) is 22.0. The highest BCUT2D eigenvalue weighted by molar-refractivity contribution is 5.07. The van der Waals surface area contributed by atoms with Crippen molar-refractivity contribution in [1.82, 2.24) is 9.78 Å². The van der Waals surface area contributed by atoms with Gasteiger partial charge in [0, 0.05) is 12.6 Å². The van der Waals surface area contributed by atoms with E-state index in [-0.39, 0.29) is 12.8 Å². The molecule has 0 amide bonds. The van der Waals surface area contributed by atoms with E-state index in [0.29, 0.717) is 0 Å². The molecule has 94 valence electrons. The van der Waals surface area contributed by atoms with Gasteiger partial charge < -0.3 is 0 Å². The molecule has 0 aromatic carbocycles. The van der Waals surface area contributed by atoms with Gasteiger partial charge in [-0.3, -0.25) is 4.68 Å². The van der Waals surface area contributed by atoms with E-state index in [4.69, 9.17) is 5.26 Å². The Morgan fingerprint density at radius 3 is 2.59 bits per heavy atom. The van der Waals surface area contributed by atoms with Gasteiger partial charge >= 0.3 is 0 Å². The number of halogens is 2. The van der Waals surface area contributed by atoms with Gasteiger partial charge in [0.2, 0.25) is 0 Å². The predicted molar refractivity (Wildman–Crippen MR) is 60.6 cm³/mol. The van der Waals surface area contributed by atoms with Crippen LogP contribution in [0.5, 0.6) is 0 Å². The van der Waals surface area contributed by atoms with Crippen LogP contribution in [-0.2, 0) is 0 Å². The predicted octanol–water partition coefficient (Wildman–Crippen LogP) is 3.33. The summed E-state index contributed by atoms with van der Waals surface area (Å²) in [4.78, 5) is 0. The summed E-state index contributed by atoms with van der Waals surface area (Å²) in [6, 6.07) is 1.45. The lowest BCUT2D eigenvalue weighted by Gasteiger charge is -2.13. The quantitative estimate of drug-likeness (QED) is 0.814. The zero-order chi connectivity index (χ0) is 13.1. The largest absolute Gasteiger partial charge is 0.268 e. The maximum atomic E-state index is 12.9. The highest BCUT2D eigenvalue weighted by Crippen LogP contribution is 2.55. The van der Waals surface area contributed by atoms with E-state index in [2.05, 4.69) is 5.10 Å². The summed E-state index contributed by atoms with van der Waals surface area (Å²) in [7, 11) is 0. The van der Waals surface area contributed by atoms with Gasteiger partial charge in [-0.05, 0) is 12.5 Å². The maximum Gasteiger partial charge on any atom is 0.253 e.